The first-order valence-electron chi connectivity index (χ1n) is 8.61. The Morgan fingerprint density at radius 1 is 1.15 bits per heavy atom. The van der Waals surface area contributed by atoms with Crippen LogP contribution < -0.4 is 16.4 Å². The van der Waals surface area contributed by atoms with Gasteiger partial charge in [-0.1, -0.05) is 31.2 Å². The molecule has 0 aliphatic rings. The fourth-order valence-corrected chi connectivity index (χ4v) is 2.43. The molecule has 2 aromatic rings. The summed E-state index contributed by atoms with van der Waals surface area (Å²) in [6.07, 6.45) is 2.29. The fraction of sp³-hybridized carbons (Fsp3) is 0.190. The van der Waals surface area contributed by atoms with Gasteiger partial charge in [0, 0.05) is 17.5 Å². The normalized spacial score (nSPS) is 12.0. The van der Waals surface area contributed by atoms with Crippen molar-refractivity contribution in [2.24, 2.45) is 5.73 Å². The Morgan fingerprint density at radius 3 is 2.30 bits per heavy atom. The number of carbonyl (C=O) groups is 2. The van der Waals surface area contributed by atoms with Crippen molar-refractivity contribution in [3.63, 3.8) is 0 Å². The summed E-state index contributed by atoms with van der Waals surface area (Å²) in [6, 6.07) is 16.1. The number of anilines is 1. The lowest BCUT2D eigenvalue weighted by atomic mass is 10.0. The topological polar surface area (TPSA) is 108 Å². The summed E-state index contributed by atoms with van der Waals surface area (Å²) in [5.41, 5.74) is 8.34. The summed E-state index contributed by atoms with van der Waals surface area (Å²) in [7, 11) is 0. The van der Waals surface area contributed by atoms with Crippen molar-refractivity contribution in [1.29, 1.82) is 5.26 Å². The minimum absolute atomic E-state index is 0.0500. The minimum atomic E-state index is -0.518. The second kappa shape index (κ2) is 9.20. The Balaban J connectivity index is 2.02. The molecule has 138 valence electrons. The van der Waals surface area contributed by atoms with Crippen LogP contribution in [0.25, 0.3) is 0 Å². The lowest BCUT2D eigenvalue weighted by Gasteiger charge is -2.14. The van der Waals surface area contributed by atoms with Crippen LogP contribution in [0.3, 0.4) is 0 Å². The van der Waals surface area contributed by atoms with Crippen molar-refractivity contribution in [2.45, 2.75) is 26.3 Å². The summed E-state index contributed by atoms with van der Waals surface area (Å²) in [5.74, 6) is -0.985. The molecule has 6 nitrogen and oxygen atoms in total. The minimum Gasteiger partial charge on any atom is -0.366 e. The Kier molecular flexibility index (Phi) is 6.73. The summed E-state index contributed by atoms with van der Waals surface area (Å²) in [5, 5.41) is 15.0. The van der Waals surface area contributed by atoms with Crippen molar-refractivity contribution in [3.05, 3.63) is 77.0 Å². The molecular weight excluding hydrogens is 340 g/mol. The number of nitriles is 1. The lowest BCUT2D eigenvalue weighted by molar-refractivity contribution is -0.117. The zero-order valence-electron chi connectivity index (χ0n) is 15.3. The number of benzene rings is 2. The summed E-state index contributed by atoms with van der Waals surface area (Å²) >= 11 is 0. The molecule has 0 spiro atoms. The Morgan fingerprint density at radius 2 is 1.78 bits per heavy atom. The molecule has 0 radical (unpaired) electrons. The quantitative estimate of drug-likeness (QED) is 0.519. The van der Waals surface area contributed by atoms with Gasteiger partial charge in [-0.05, 0) is 48.7 Å². The van der Waals surface area contributed by atoms with Gasteiger partial charge in [0.2, 0.25) is 5.91 Å². The SMILES string of the molecule is CCc1ccc(C(C)NC(=O)/C(C#N)=C\Nc2ccc(C(N)=O)cc2)cc1. The van der Waals surface area contributed by atoms with E-state index in [-0.39, 0.29) is 11.6 Å². The van der Waals surface area contributed by atoms with E-state index in [2.05, 4.69) is 17.6 Å². The van der Waals surface area contributed by atoms with Gasteiger partial charge in [0.15, 0.2) is 0 Å². The van der Waals surface area contributed by atoms with Gasteiger partial charge in [-0.15, -0.1) is 0 Å². The van der Waals surface area contributed by atoms with E-state index in [1.807, 2.05) is 37.3 Å². The largest absolute Gasteiger partial charge is 0.366 e. The molecular formula is C21H22N4O2. The predicted octanol–water partition coefficient (Wildman–Crippen LogP) is 3.04. The number of nitrogens with two attached hydrogens (primary N) is 1. The van der Waals surface area contributed by atoms with E-state index in [9.17, 15) is 14.9 Å². The third-order valence-electron chi connectivity index (χ3n) is 4.15. The van der Waals surface area contributed by atoms with Gasteiger partial charge in [0.05, 0.1) is 6.04 Å². The van der Waals surface area contributed by atoms with Crippen LogP contribution in [0.1, 0.15) is 41.4 Å². The van der Waals surface area contributed by atoms with E-state index >= 15 is 0 Å². The highest BCUT2D eigenvalue weighted by molar-refractivity contribution is 5.97. The first kappa shape index (κ1) is 19.7. The van der Waals surface area contributed by atoms with Crippen LogP contribution in [-0.4, -0.2) is 11.8 Å². The fourth-order valence-electron chi connectivity index (χ4n) is 2.43. The third kappa shape index (κ3) is 5.44. The number of hydrogen-bond acceptors (Lipinski definition) is 4. The third-order valence-corrected chi connectivity index (χ3v) is 4.15. The zero-order valence-corrected chi connectivity index (χ0v) is 15.3. The molecule has 4 N–H and O–H groups in total. The van der Waals surface area contributed by atoms with E-state index in [1.54, 1.807) is 24.3 Å². The standard InChI is InChI=1S/C21H22N4O2/c1-3-15-4-6-16(7-5-15)14(2)25-21(27)18(12-22)13-24-19-10-8-17(9-11-19)20(23)26/h4-11,13-14,24H,3H2,1-2H3,(H2,23,26)(H,25,27)/b18-13-. The van der Waals surface area contributed by atoms with Crippen molar-refractivity contribution in [1.82, 2.24) is 5.32 Å². The van der Waals surface area contributed by atoms with Gasteiger partial charge in [-0.3, -0.25) is 9.59 Å². The Labute approximate surface area is 158 Å². The maximum Gasteiger partial charge on any atom is 0.263 e. The lowest BCUT2D eigenvalue weighted by Crippen LogP contribution is -2.28. The second-order valence-electron chi connectivity index (χ2n) is 6.05. The number of hydrogen-bond donors (Lipinski definition) is 3. The number of amides is 2. The molecule has 2 rings (SSSR count). The monoisotopic (exact) mass is 362 g/mol. The first-order chi connectivity index (χ1) is 12.9. The molecule has 0 bridgehead atoms. The second-order valence-corrected chi connectivity index (χ2v) is 6.05. The molecule has 6 heteroatoms. The van der Waals surface area contributed by atoms with E-state index in [4.69, 9.17) is 5.73 Å². The summed E-state index contributed by atoms with van der Waals surface area (Å²) in [4.78, 5) is 23.4. The zero-order chi connectivity index (χ0) is 19.8. The van der Waals surface area contributed by atoms with Crippen molar-refractivity contribution >= 4 is 17.5 Å². The molecule has 1 atom stereocenters. The number of rotatable bonds is 7. The number of carbonyl (C=O) groups excluding carboxylic acids is 2. The number of nitrogens with one attached hydrogen (secondary N) is 2. The molecule has 27 heavy (non-hydrogen) atoms. The van der Waals surface area contributed by atoms with E-state index in [0.29, 0.717) is 11.3 Å². The molecule has 0 fully saturated rings. The average Bonchev–Trinajstić information content (AvgIpc) is 2.68. The number of primary amides is 1. The highest BCUT2D eigenvalue weighted by atomic mass is 16.2. The van der Waals surface area contributed by atoms with E-state index in [0.717, 1.165) is 12.0 Å². The van der Waals surface area contributed by atoms with Gasteiger partial charge < -0.3 is 16.4 Å². The number of nitrogens with zero attached hydrogens (tertiary/aromatic N) is 1. The maximum atomic E-state index is 12.3. The molecule has 0 aliphatic heterocycles. The summed E-state index contributed by atoms with van der Waals surface area (Å²) in [6.45, 7) is 3.95. The van der Waals surface area contributed by atoms with Gasteiger partial charge in [0.1, 0.15) is 11.6 Å². The molecule has 0 aliphatic carbocycles. The Bertz CT molecular complexity index is 878. The molecule has 0 aromatic heterocycles. The Hall–Kier alpha value is -3.59. The highest BCUT2D eigenvalue weighted by Gasteiger charge is 2.13. The van der Waals surface area contributed by atoms with Crippen LogP contribution in [0.15, 0.2) is 60.3 Å². The van der Waals surface area contributed by atoms with Gasteiger partial charge in [0.25, 0.3) is 5.91 Å². The molecule has 2 aromatic carbocycles. The predicted molar refractivity (Wildman–Crippen MR) is 105 cm³/mol. The van der Waals surface area contributed by atoms with E-state index in [1.165, 1.54) is 11.8 Å². The van der Waals surface area contributed by atoms with Crippen molar-refractivity contribution in [2.75, 3.05) is 5.32 Å². The molecule has 0 heterocycles. The van der Waals surface area contributed by atoms with Crippen molar-refractivity contribution < 1.29 is 9.59 Å². The van der Waals surface area contributed by atoms with Crippen molar-refractivity contribution in [3.8, 4) is 6.07 Å². The molecule has 0 saturated heterocycles. The molecule has 0 saturated carbocycles. The van der Waals surface area contributed by atoms with E-state index < -0.39 is 11.8 Å². The smallest absolute Gasteiger partial charge is 0.263 e. The molecule has 2 amide bonds. The highest BCUT2D eigenvalue weighted by Crippen LogP contribution is 2.15. The van der Waals surface area contributed by atoms with Crippen LogP contribution in [0.4, 0.5) is 5.69 Å². The van der Waals surface area contributed by atoms with Crippen LogP contribution in [-0.2, 0) is 11.2 Å². The molecule has 1 unspecified atom stereocenters. The van der Waals surface area contributed by atoms with Crippen LogP contribution in [0, 0.1) is 11.3 Å². The van der Waals surface area contributed by atoms with Gasteiger partial charge >= 0.3 is 0 Å². The van der Waals surface area contributed by atoms with Crippen LogP contribution in [0.2, 0.25) is 0 Å². The van der Waals surface area contributed by atoms with Gasteiger partial charge in [-0.2, -0.15) is 5.26 Å². The average molecular weight is 362 g/mol. The maximum absolute atomic E-state index is 12.3. The first-order valence-corrected chi connectivity index (χ1v) is 8.61. The van der Waals surface area contributed by atoms with Crippen LogP contribution in [0.5, 0.6) is 0 Å². The summed E-state index contributed by atoms with van der Waals surface area (Å²) < 4.78 is 0. The van der Waals surface area contributed by atoms with Crippen LogP contribution >= 0.6 is 0 Å². The number of aryl methyl sites for hydroxylation is 1. The van der Waals surface area contributed by atoms with Gasteiger partial charge in [-0.25, -0.2) is 0 Å².